The first-order chi connectivity index (χ1) is 8.86. The maximum Gasteiger partial charge on any atom is 0.116 e. The number of nitrogens with one attached hydrogen (secondary N) is 2. The van der Waals surface area contributed by atoms with Gasteiger partial charge in [-0.05, 0) is 38.9 Å². The lowest BCUT2D eigenvalue weighted by molar-refractivity contribution is -0.106. The third-order valence-corrected chi connectivity index (χ3v) is 3.24. The van der Waals surface area contributed by atoms with E-state index in [1.807, 2.05) is 6.07 Å². The second-order valence-corrected chi connectivity index (χ2v) is 4.41. The molecule has 0 bridgehead atoms. The van der Waals surface area contributed by atoms with Crippen LogP contribution in [0, 0.1) is 0 Å². The molecule has 4 nitrogen and oxygen atoms in total. The molecule has 96 valence electrons. The molecule has 1 aromatic heterocycles. The molecular formula is C14H19N3O. The van der Waals surface area contributed by atoms with Gasteiger partial charge in [-0.1, -0.05) is 18.2 Å². The summed E-state index contributed by atoms with van der Waals surface area (Å²) in [5.74, 6) is 0.652. The van der Waals surface area contributed by atoms with Crippen molar-refractivity contribution in [1.29, 1.82) is 0 Å². The van der Waals surface area contributed by atoms with Crippen LogP contribution in [0.4, 0.5) is 0 Å². The number of carbonyl (C=O) groups excluding carboxylic acids is 1. The van der Waals surface area contributed by atoms with E-state index in [0.717, 1.165) is 24.9 Å². The molecule has 1 fully saturated rings. The van der Waals surface area contributed by atoms with Crippen LogP contribution in [0.2, 0.25) is 0 Å². The molecule has 1 aromatic carbocycles. The Bertz CT molecular complexity index is 500. The first kappa shape index (κ1) is 12.8. The highest BCUT2D eigenvalue weighted by molar-refractivity contribution is 5.81. The van der Waals surface area contributed by atoms with E-state index in [1.165, 1.54) is 30.8 Å². The van der Waals surface area contributed by atoms with Crippen LogP contribution in [0.25, 0.3) is 10.9 Å². The smallest absolute Gasteiger partial charge is 0.116 e. The minimum atomic E-state index is 0.652. The summed E-state index contributed by atoms with van der Waals surface area (Å²) in [6.45, 7) is 3.69. The summed E-state index contributed by atoms with van der Waals surface area (Å²) < 4.78 is 0. The zero-order valence-electron chi connectivity index (χ0n) is 10.6. The number of para-hydroxylation sites is 1. The van der Waals surface area contributed by atoms with E-state index < -0.39 is 0 Å². The van der Waals surface area contributed by atoms with E-state index in [4.69, 9.17) is 4.79 Å². The van der Waals surface area contributed by atoms with Crippen LogP contribution >= 0.6 is 0 Å². The molecule has 2 heterocycles. The van der Waals surface area contributed by atoms with Crippen LogP contribution in [0.3, 0.4) is 0 Å². The van der Waals surface area contributed by atoms with Gasteiger partial charge in [0.2, 0.25) is 0 Å². The largest absolute Gasteiger partial charge is 0.317 e. The van der Waals surface area contributed by atoms with Gasteiger partial charge in [0.15, 0.2) is 0 Å². The van der Waals surface area contributed by atoms with Crippen LogP contribution in [-0.4, -0.2) is 29.6 Å². The summed E-state index contributed by atoms with van der Waals surface area (Å²) in [6, 6.07) is 8.35. The summed E-state index contributed by atoms with van der Waals surface area (Å²) in [6.07, 6.45) is 3.18. The Morgan fingerprint density at radius 1 is 1.28 bits per heavy atom. The fraction of sp³-hybridized carbons (Fsp3) is 0.429. The predicted molar refractivity (Wildman–Crippen MR) is 72.7 cm³/mol. The lowest BCUT2D eigenvalue weighted by Crippen LogP contribution is -2.26. The number of piperidine rings is 1. The molecule has 3 rings (SSSR count). The lowest BCUT2D eigenvalue weighted by Gasteiger charge is -2.21. The Morgan fingerprint density at radius 2 is 1.94 bits per heavy atom. The second kappa shape index (κ2) is 6.31. The van der Waals surface area contributed by atoms with E-state index in [1.54, 1.807) is 0 Å². The van der Waals surface area contributed by atoms with E-state index >= 15 is 0 Å². The van der Waals surface area contributed by atoms with Crippen molar-refractivity contribution >= 4 is 17.2 Å². The number of aromatic amines is 1. The van der Waals surface area contributed by atoms with Gasteiger partial charge in [-0.15, -0.1) is 0 Å². The third kappa shape index (κ3) is 2.76. The molecule has 0 amide bonds. The predicted octanol–water partition coefficient (Wildman–Crippen LogP) is 2.24. The molecule has 0 saturated carbocycles. The van der Waals surface area contributed by atoms with Crippen LogP contribution in [0.15, 0.2) is 24.3 Å². The standard InChI is InChI=1S/C12H15N3.C2H4O/c1-2-4-11-10(3-1)12(15-14-11)9-5-7-13-8-6-9;1-2-3/h1-4,9,13H,5-8H2,(H,14,15);2H,1H3. The molecule has 4 heteroatoms. The Labute approximate surface area is 107 Å². The van der Waals surface area contributed by atoms with E-state index in [-0.39, 0.29) is 0 Å². The Balaban J connectivity index is 0.000000367. The maximum atomic E-state index is 8.81. The monoisotopic (exact) mass is 245 g/mol. The first-order valence-electron chi connectivity index (χ1n) is 6.40. The number of nitrogens with zero attached hydrogens (tertiary/aromatic N) is 1. The minimum Gasteiger partial charge on any atom is -0.317 e. The van der Waals surface area contributed by atoms with Crippen molar-refractivity contribution in [2.75, 3.05) is 13.1 Å². The third-order valence-electron chi connectivity index (χ3n) is 3.24. The fourth-order valence-electron chi connectivity index (χ4n) is 2.40. The Hall–Kier alpha value is -1.68. The number of fused-ring (bicyclic) bond motifs is 1. The highest BCUT2D eigenvalue weighted by Gasteiger charge is 2.18. The van der Waals surface area contributed by atoms with Crippen LogP contribution in [-0.2, 0) is 4.79 Å². The van der Waals surface area contributed by atoms with Gasteiger partial charge in [0.05, 0.1) is 5.52 Å². The number of rotatable bonds is 1. The molecule has 2 aromatic rings. The van der Waals surface area contributed by atoms with Gasteiger partial charge in [-0.3, -0.25) is 5.10 Å². The number of aldehydes is 1. The number of benzene rings is 1. The Morgan fingerprint density at radius 3 is 2.67 bits per heavy atom. The lowest BCUT2D eigenvalue weighted by atomic mass is 9.93. The molecular weight excluding hydrogens is 226 g/mol. The fourth-order valence-corrected chi connectivity index (χ4v) is 2.40. The van der Waals surface area contributed by atoms with Gasteiger partial charge in [0, 0.05) is 17.0 Å². The molecule has 2 N–H and O–H groups in total. The topological polar surface area (TPSA) is 57.8 Å². The van der Waals surface area contributed by atoms with Gasteiger partial charge >= 0.3 is 0 Å². The van der Waals surface area contributed by atoms with Crippen molar-refractivity contribution in [3.05, 3.63) is 30.0 Å². The van der Waals surface area contributed by atoms with E-state index in [0.29, 0.717) is 5.92 Å². The van der Waals surface area contributed by atoms with Crippen molar-refractivity contribution in [2.24, 2.45) is 0 Å². The number of H-pyrrole nitrogens is 1. The molecule has 1 aliphatic rings. The van der Waals surface area contributed by atoms with Crippen LogP contribution in [0.1, 0.15) is 31.4 Å². The van der Waals surface area contributed by atoms with Gasteiger partial charge in [0.1, 0.15) is 6.29 Å². The average molecular weight is 245 g/mol. The molecule has 1 aliphatic heterocycles. The van der Waals surface area contributed by atoms with Gasteiger partial charge in [0.25, 0.3) is 0 Å². The number of aromatic nitrogens is 2. The molecule has 18 heavy (non-hydrogen) atoms. The number of hydrogen-bond acceptors (Lipinski definition) is 3. The molecule has 0 spiro atoms. The molecule has 0 unspecified atom stereocenters. The van der Waals surface area contributed by atoms with Gasteiger partial charge in [-0.25, -0.2) is 0 Å². The van der Waals surface area contributed by atoms with Crippen molar-refractivity contribution in [1.82, 2.24) is 15.5 Å². The van der Waals surface area contributed by atoms with Gasteiger partial charge < -0.3 is 10.1 Å². The zero-order valence-corrected chi connectivity index (χ0v) is 10.6. The van der Waals surface area contributed by atoms with Crippen molar-refractivity contribution in [3.8, 4) is 0 Å². The molecule has 0 atom stereocenters. The molecule has 0 aliphatic carbocycles. The quantitative estimate of drug-likeness (QED) is 0.757. The molecule has 0 radical (unpaired) electrons. The van der Waals surface area contributed by atoms with Crippen molar-refractivity contribution in [3.63, 3.8) is 0 Å². The highest BCUT2D eigenvalue weighted by Crippen LogP contribution is 2.28. The summed E-state index contributed by atoms with van der Waals surface area (Å²) in [7, 11) is 0. The minimum absolute atomic E-state index is 0.652. The summed E-state index contributed by atoms with van der Waals surface area (Å²) >= 11 is 0. The zero-order chi connectivity index (χ0) is 12.8. The summed E-state index contributed by atoms with van der Waals surface area (Å²) in [5.41, 5.74) is 2.41. The highest BCUT2D eigenvalue weighted by atomic mass is 16.1. The SMILES string of the molecule is CC=O.c1ccc2c(C3CCNCC3)[nH]nc2c1. The Kier molecular flexibility index (Phi) is 4.47. The summed E-state index contributed by atoms with van der Waals surface area (Å²) in [4.78, 5) is 8.81. The maximum absolute atomic E-state index is 8.81. The van der Waals surface area contributed by atoms with Gasteiger partial charge in [-0.2, -0.15) is 5.10 Å². The van der Waals surface area contributed by atoms with E-state index in [2.05, 4.69) is 33.7 Å². The van der Waals surface area contributed by atoms with E-state index in [9.17, 15) is 0 Å². The summed E-state index contributed by atoms with van der Waals surface area (Å²) in [5, 5.41) is 12.2. The number of carbonyl (C=O) groups is 1. The van der Waals surface area contributed by atoms with Crippen molar-refractivity contribution < 1.29 is 4.79 Å². The van der Waals surface area contributed by atoms with Crippen LogP contribution in [0.5, 0.6) is 0 Å². The van der Waals surface area contributed by atoms with Crippen molar-refractivity contribution in [2.45, 2.75) is 25.7 Å². The average Bonchev–Trinajstić information content (AvgIpc) is 2.84. The molecule has 1 saturated heterocycles. The van der Waals surface area contributed by atoms with Crippen LogP contribution < -0.4 is 5.32 Å². The first-order valence-corrected chi connectivity index (χ1v) is 6.40. The number of hydrogen-bond donors (Lipinski definition) is 2. The second-order valence-electron chi connectivity index (χ2n) is 4.41. The normalized spacial score (nSPS) is 16.1.